The van der Waals surface area contributed by atoms with Crippen molar-refractivity contribution < 1.29 is 24.2 Å². The van der Waals surface area contributed by atoms with Crippen molar-refractivity contribution in [2.45, 2.75) is 0 Å². The summed E-state index contributed by atoms with van der Waals surface area (Å²) in [5.41, 5.74) is 0.120. The van der Waals surface area contributed by atoms with Gasteiger partial charge in [0.05, 0.1) is 13.2 Å². The Bertz CT molecular complexity index is 464. The summed E-state index contributed by atoms with van der Waals surface area (Å²) in [5, 5.41) is 14.6. The molecular weight excluding hydrogens is 276 g/mol. The number of nitrogens with one attached hydrogen (secondary N) is 2. The molecule has 1 aromatic rings. The van der Waals surface area contributed by atoms with Gasteiger partial charge < -0.3 is 25.2 Å². The van der Waals surface area contributed by atoms with Crippen LogP contribution in [0.25, 0.3) is 0 Å². The largest absolute Gasteiger partial charge is 0.491 e. The highest BCUT2D eigenvalue weighted by Gasteiger charge is 2.09. The minimum Gasteiger partial charge on any atom is -0.491 e. The fraction of sp³-hybridized carbons (Fsp3) is 0.429. The molecule has 1 aromatic carbocycles. The van der Waals surface area contributed by atoms with Gasteiger partial charge in [-0.25, -0.2) is 4.79 Å². The van der Waals surface area contributed by atoms with E-state index in [4.69, 9.17) is 14.6 Å². The van der Waals surface area contributed by atoms with Crippen LogP contribution >= 0.6 is 0 Å². The Balaban J connectivity index is 2.20. The molecule has 3 N–H and O–H groups in total. The number of ether oxygens (including phenoxy) is 2. The van der Waals surface area contributed by atoms with Gasteiger partial charge in [-0.1, -0.05) is 12.1 Å². The molecule has 0 atom stereocenters. The topological polar surface area (TPSA) is 96.9 Å². The predicted molar refractivity (Wildman–Crippen MR) is 76.7 cm³/mol. The number of para-hydroxylation sites is 1. The summed E-state index contributed by atoms with van der Waals surface area (Å²) in [7, 11) is 1.57. The number of rotatable bonds is 10. The predicted octanol–water partition coefficient (Wildman–Crippen LogP) is 0.116. The van der Waals surface area contributed by atoms with Gasteiger partial charge in [-0.05, 0) is 12.1 Å². The fourth-order valence-electron chi connectivity index (χ4n) is 1.56. The van der Waals surface area contributed by atoms with E-state index in [0.29, 0.717) is 25.4 Å². The van der Waals surface area contributed by atoms with Gasteiger partial charge in [0, 0.05) is 20.2 Å². The number of hydrogen-bond acceptors (Lipinski definition) is 5. The van der Waals surface area contributed by atoms with Gasteiger partial charge in [-0.2, -0.15) is 0 Å². The molecule has 0 bridgehead atoms. The molecule has 7 nitrogen and oxygen atoms in total. The third kappa shape index (κ3) is 6.73. The first-order valence-corrected chi connectivity index (χ1v) is 6.56. The van der Waals surface area contributed by atoms with E-state index in [1.807, 2.05) is 0 Å². The van der Waals surface area contributed by atoms with Crippen LogP contribution in [0, 0.1) is 0 Å². The summed E-state index contributed by atoms with van der Waals surface area (Å²) < 4.78 is 10.2. The van der Waals surface area contributed by atoms with Crippen molar-refractivity contribution in [3.63, 3.8) is 0 Å². The lowest BCUT2D eigenvalue weighted by Crippen LogP contribution is -2.37. The van der Waals surface area contributed by atoms with E-state index in [-0.39, 0.29) is 24.6 Å². The minimum atomic E-state index is -1.03. The molecule has 0 radical (unpaired) electrons. The van der Waals surface area contributed by atoms with E-state index in [9.17, 15) is 9.59 Å². The molecule has 0 aliphatic carbocycles. The number of hydrogen-bond donors (Lipinski definition) is 3. The van der Waals surface area contributed by atoms with Crippen LogP contribution in [0.4, 0.5) is 0 Å². The standard InChI is InChI=1S/C14H20N2O5/c1-20-8-7-16-13(17)10-15-6-9-21-12-5-3-2-4-11(12)14(18)19/h2-5,15H,6-10H2,1H3,(H,16,17)(H,18,19). The maximum absolute atomic E-state index is 11.3. The molecule has 0 aliphatic rings. The highest BCUT2D eigenvalue weighted by Crippen LogP contribution is 2.17. The molecule has 0 heterocycles. The van der Waals surface area contributed by atoms with E-state index in [1.165, 1.54) is 6.07 Å². The van der Waals surface area contributed by atoms with Crippen LogP contribution in [0.15, 0.2) is 24.3 Å². The molecular formula is C14H20N2O5. The molecule has 0 saturated carbocycles. The fourth-order valence-corrected chi connectivity index (χ4v) is 1.56. The number of carbonyl (C=O) groups is 2. The second-order valence-corrected chi connectivity index (χ2v) is 4.17. The van der Waals surface area contributed by atoms with Gasteiger partial charge in [0.1, 0.15) is 17.9 Å². The van der Waals surface area contributed by atoms with Gasteiger partial charge in [0.2, 0.25) is 5.91 Å². The molecule has 7 heteroatoms. The Labute approximate surface area is 123 Å². The molecule has 0 spiro atoms. The molecule has 0 aliphatic heterocycles. The van der Waals surface area contributed by atoms with Crippen molar-refractivity contribution in [2.24, 2.45) is 0 Å². The molecule has 1 rings (SSSR count). The smallest absolute Gasteiger partial charge is 0.339 e. The molecule has 0 aromatic heterocycles. The maximum atomic E-state index is 11.3. The van der Waals surface area contributed by atoms with E-state index < -0.39 is 5.97 Å². The van der Waals surface area contributed by atoms with Gasteiger partial charge >= 0.3 is 5.97 Å². The summed E-state index contributed by atoms with van der Waals surface area (Å²) in [6, 6.07) is 6.42. The molecule has 116 valence electrons. The Morgan fingerprint density at radius 2 is 1.95 bits per heavy atom. The van der Waals surface area contributed by atoms with Crippen LogP contribution in [0.1, 0.15) is 10.4 Å². The first kappa shape index (κ1) is 16.9. The number of amides is 1. The third-order valence-corrected chi connectivity index (χ3v) is 2.57. The zero-order chi connectivity index (χ0) is 15.5. The van der Waals surface area contributed by atoms with Crippen molar-refractivity contribution >= 4 is 11.9 Å². The molecule has 1 amide bonds. The van der Waals surface area contributed by atoms with Gasteiger partial charge in [-0.15, -0.1) is 0 Å². The number of carbonyl (C=O) groups excluding carboxylic acids is 1. The van der Waals surface area contributed by atoms with Crippen molar-refractivity contribution in [2.75, 3.05) is 40.0 Å². The monoisotopic (exact) mass is 296 g/mol. The van der Waals surface area contributed by atoms with Crippen molar-refractivity contribution in [3.05, 3.63) is 29.8 Å². The highest BCUT2D eigenvalue weighted by molar-refractivity contribution is 5.90. The lowest BCUT2D eigenvalue weighted by Gasteiger charge is -2.10. The quantitative estimate of drug-likeness (QED) is 0.531. The molecule has 0 unspecified atom stereocenters. The second kappa shape index (κ2) is 9.73. The summed E-state index contributed by atoms with van der Waals surface area (Å²) >= 11 is 0. The minimum absolute atomic E-state index is 0.120. The molecule has 21 heavy (non-hydrogen) atoms. The van der Waals surface area contributed by atoms with Crippen molar-refractivity contribution in [1.82, 2.24) is 10.6 Å². The lowest BCUT2D eigenvalue weighted by atomic mass is 10.2. The zero-order valence-electron chi connectivity index (χ0n) is 11.9. The first-order valence-electron chi connectivity index (χ1n) is 6.56. The maximum Gasteiger partial charge on any atom is 0.339 e. The van der Waals surface area contributed by atoms with Crippen LogP contribution < -0.4 is 15.4 Å². The van der Waals surface area contributed by atoms with Crippen LogP contribution in [0.5, 0.6) is 5.75 Å². The number of carboxylic acids is 1. The summed E-state index contributed by atoms with van der Waals surface area (Å²) in [6.45, 7) is 1.83. The average molecular weight is 296 g/mol. The SMILES string of the molecule is COCCNC(=O)CNCCOc1ccccc1C(=O)O. The van der Waals surface area contributed by atoms with Crippen LogP contribution in [-0.4, -0.2) is 56.9 Å². The zero-order valence-corrected chi connectivity index (χ0v) is 11.9. The van der Waals surface area contributed by atoms with E-state index in [0.717, 1.165) is 0 Å². The van der Waals surface area contributed by atoms with Crippen molar-refractivity contribution in [1.29, 1.82) is 0 Å². The molecule has 0 saturated heterocycles. The van der Waals surface area contributed by atoms with E-state index in [2.05, 4.69) is 10.6 Å². The number of carboxylic acid groups (broad SMARTS) is 1. The first-order chi connectivity index (χ1) is 10.1. The number of benzene rings is 1. The van der Waals surface area contributed by atoms with E-state index in [1.54, 1.807) is 25.3 Å². The highest BCUT2D eigenvalue weighted by atomic mass is 16.5. The van der Waals surface area contributed by atoms with Crippen LogP contribution in [0.3, 0.4) is 0 Å². The Kier molecular flexibility index (Phi) is 7.85. The Hall–Kier alpha value is -2.12. The van der Waals surface area contributed by atoms with E-state index >= 15 is 0 Å². The van der Waals surface area contributed by atoms with Gasteiger partial charge in [0.25, 0.3) is 0 Å². The average Bonchev–Trinajstić information content (AvgIpc) is 2.47. The third-order valence-electron chi connectivity index (χ3n) is 2.57. The van der Waals surface area contributed by atoms with Crippen molar-refractivity contribution in [3.8, 4) is 5.75 Å². The van der Waals surface area contributed by atoms with Gasteiger partial charge in [-0.3, -0.25) is 4.79 Å². The molecule has 0 fully saturated rings. The lowest BCUT2D eigenvalue weighted by molar-refractivity contribution is -0.120. The second-order valence-electron chi connectivity index (χ2n) is 4.17. The summed E-state index contributed by atoms with van der Waals surface area (Å²) in [5.74, 6) is -0.842. The normalized spacial score (nSPS) is 10.1. The summed E-state index contributed by atoms with van der Waals surface area (Å²) in [4.78, 5) is 22.3. The van der Waals surface area contributed by atoms with Crippen LogP contribution in [0.2, 0.25) is 0 Å². The Morgan fingerprint density at radius 1 is 1.19 bits per heavy atom. The van der Waals surface area contributed by atoms with Crippen LogP contribution in [-0.2, 0) is 9.53 Å². The van der Waals surface area contributed by atoms with Gasteiger partial charge in [0.15, 0.2) is 0 Å². The number of aromatic carboxylic acids is 1. The Morgan fingerprint density at radius 3 is 2.67 bits per heavy atom. The number of methoxy groups -OCH3 is 1. The summed E-state index contributed by atoms with van der Waals surface area (Å²) in [6.07, 6.45) is 0.